The Bertz CT molecular complexity index is 1620. The standard InChI is InChI=1S/C29H29N7O3/c1-3-4-13-26-32-36(19-22-9-5-6-11-24(22)28(37)39-2)29(38)35(26)18-20-14-16-21(17-15-20)23-10-7-8-12-25(23)27-30-33-34-31-27/h5-12,14-17H,3-4,13,18-19H2,1-2H3,(H,30,31,33,34). The van der Waals surface area contributed by atoms with Gasteiger partial charge in [0.2, 0.25) is 0 Å². The average molecular weight is 524 g/mol. The SMILES string of the molecule is CCCCc1nn(Cc2ccccc2C(=O)OC)c(=O)n1Cc1ccc(-c2ccccc2-c2nnn[nH]2)cc1. The summed E-state index contributed by atoms with van der Waals surface area (Å²) < 4.78 is 8.07. The topological polar surface area (TPSA) is 121 Å². The molecule has 0 saturated heterocycles. The summed E-state index contributed by atoms with van der Waals surface area (Å²) in [7, 11) is 1.35. The molecule has 0 saturated carbocycles. The van der Waals surface area contributed by atoms with Crippen molar-refractivity contribution in [3.63, 3.8) is 0 Å². The van der Waals surface area contributed by atoms with Crippen molar-refractivity contribution in [2.75, 3.05) is 7.11 Å². The van der Waals surface area contributed by atoms with Gasteiger partial charge in [0.15, 0.2) is 5.82 Å². The number of aromatic amines is 1. The molecule has 2 aromatic heterocycles. The minimum Gasteiger partial charge on any atom is -0.465 e. The van der Waals surface area contributed by atoms with E-state index in [0.29, 0.717) is 29.9 Å². The summed E-state index contributed by atoms with van der Waals surface area (Å²) in [5, 5.41) is 18.9. The average Bonchev–Trinajstić information content (AvgIpc) is 3.61. The van der Waals surface area contributed by atoms with E-state index in [1.165, 1.54) is 11.8 Å². The highest BCUT2D eigenvalue weighted by Crippen LogP contribution is 2.29. The van der Waals surface area contributed by atoms with E-state index in [1.54, 1.807) is 16.7 Å². The number of H-pyrrole nitrogens is 1. The number of benzene rings is 3. The quantitative estimate of drug-likeness (QED) is 0.273. The Hall–Kier alpha value is -4.86. The molecule has 0 fully saturated rings. The summed E-state index contributed by atoms with van der Waals surface area (Å²) in [5.74, 6) is 0.887. The van der Waals surface area contributed by atoms with Crippen LogP contribution in [0.15, 0.2) is 77.6 Å². The zero-order valence-corrected chi connectivity index (χ0v) is 21.9. The minimum atomic E-state index is -0.439. The molecule has 1 N–H and O–H groups in total. The molecule has 0 unspecified atom stereocenters. The van der Waals surface area contributed by atoms with Crippen LogP contribution in [0.3, 0.4) is 0 Å². The van der Waals surface area contributed by atoms with Crippen molar-refractivity contribution < 1.29 is 9.53 Å². The van der Waals surface area contributed by atoms with E-state index in [1.807, 2.05) is 60.7 Å². The number of hydrogen-bond donors (Lipinski definition) is 1. The van der Waals surface area contributed by atoms with Gasteiger partial charge in [0.25, 0.3) is 0 Å². The number of aryl methyl sites for hydroxylation is 1. The van der Waals surface area contributed by atoms with E-state index >= 15 is 0 Å². The molecular weight excluding hydrogens is 494 g/mol. The second-order valence-electron chi connectivity index (χ2n) is 9.19. The number of carbonyl (C=O) groups is 1. The van der Waals surface area contributed by atoms with Gasteiger partial charge in [-0.05, 0) is 45.2 Å². The molecule has 3 aromatic carbocycles. The summed E-state index contributed by atoms with van der Waals surface area (Å²) in [6.07, 6.45) is 2.59. The second kappa shape index (κ2) is 11.7. The van der Waals surface area contributed by atoms with E-state index in [0.717, 1.165) is 40.9 Å². The molecule has 0 spiro atoms. The van der Waals surface area contributed by atoms with Gasteiger partial charge in [-0.2, -0.15) is 5.10 Å². The highest BCUT2D eigenvalue weighted by Gasteiger charge is 2.17. The summed E-state index contributed by atoms with van der Waals surface area (Å²) in [4.78, 5) is 25.7. The normalized spacial score (nSPS) is 11.0. The van der Waals surface area contributed by atoms with Crippen LogP contribution in [-0.4, -0.2) is 48.1 Å². The first-order valence-electron chi connectivity index (χ1n) is 12.8. The zero-order valence-electron chi connectivity index (χ0n) is 21.9. The lowest BCUT2D eigenvalue weighted by molar-refractivity contribution is 0.0599. The second-order valence-corrected chi connectivity index (χ2v) is 9.19. The predicted octanol–water partition coefficient (Wildman–Crippen LogP) is 4.12. The van der Waals surface area contributed by atoms with Gasteiger partial charge in [-0.1, -0.05) is 80.1 Å². The molecule has 0 atom stereocenters. The van der Waals surface area contributed by atoms with E-state index < -0.39 is 5.97 Å². The number of hydrogen-bond acceptors (Lipinski definition) is 7. The van der Waals surface area contributed by atoms with Crippen LogP contribution in [0.5, 0.6) is 0 Å². The van der Waals surface area contributed by atoms with Crippen molar-refractivity contribution in [2.45, 2.75) is 39.3 Å². The minimum absolute atomic E-state index is 0.183. The molecule has 0 aliphatic carbocycles. The molecule has 39 heavy (non-hydrogen) atoms. The van der Waals surface area contributed by atoms with Crippen LogP contribution in [0, 0.1) is 0 Å². The van der Waals surface area contributed by atoms with Crippen LogP contribution < -0.4 is 5.69 Å². The molecule has 10 nitrogen and oxygen atoms in total. The summed E-state index contributed by atoms with van der Waals surface area (Å²) in [6, 6.07) is 23.1. The first kappa shape index (κ1) is 25.8. The Labute approximate surface area is 225 Å². The Morgan fingerprint density at radius 2 is 1.69 bits per heavy atom. The lowest BCUT2D eigenvalue weighted by atomic mass is 9.98. The Morgan fingerprint density at radius 1 is 0.949 bits per heavy atom. The number of carbonyl (C=O) groups excluding carboxylic acids is 1. The Kier molecular flexibility index (Phi) is 7.72. The predicted molar refractivity (Wildman–Crippen MR) is 146 cm³/mol. The van der Waals surface area contributed by atoms with Crippen molar-refractivity contribution in [2.24, 2.45) is 0 Å². The van der Waals surface area contributed by atoms with E-state index in [9.17, 15) is 9.59 Å². The third kappa shape index (κ3) is 5.54. The summed E-state index contributed by atoms with van der Waals surface area (Å²) in [5.41, 5.74) is 4.79. The van der Waals surface area contributed by atoms with Crippen LogP contribution in [0.4, 0.5) is 0 Å². The molecule has 0 aliphatic rings. The number of aromatic nitrogens is 7. The van der Waals surface area contributed by atoms with Crippen molar-refractivity contribution in [1.82, 2.24) is 35.0 Å². The fourth-order valence-electron chi connectivity index (χ4n) is 4.58. The monoisotopic (exact) mass is 523 g/mol. The molecule has 5 rings (SSSR count). The Balaban J connectivity index is 1.43. The molecule has 0 aliphatic heterocycles. The number of esters is 1. The van der Waals surface area contributed by atoms with E-state index in [2.05, 4.69) is 32.6 Å². The van der Waals surface area contributed by atoms with Crippen LogP contribution >= 0.6 is 0 Å². The van der Waals surface area contributed by atoms with Gasteiger partial charge in [-0.25, -0.2) is 19.4 Å². The number of nitrogens with zero attached hydrogens (tertiary/aromatic N) is 6. The number of unbranched alkanes of at least 4 members (excludes halogenated alkanes) is 1. The van der Waals surface area contributed by atoms with Gasteiger partial charge in [-0.3, -0.25) is 4.57 Å². The number of nitrogens with one attached hydrogen (secondary N) is 1. The van der Waals surface area contributed by atoms with Crippen molar-refractivity contribution in [1.29, 1.82) is 0 Å². The van der Waals surface area contributed by atoms with E-state index in [4.69, 9.17) is 4.74 Å². The first-order valence-corrected chi connectivity index (χ1v) is 12.8. The van der Waals surface area contributed by atoms with Crippen LogP contribution in [0.25, 0.3) is 22.5 Å². The van der Waals surface area contributed by atoms with Crippen molar-refractivity contribution in [3.8, 4) is 22.5 Å². The van der Waals surface area contributed by atoms with Gasteiger partial charge in [0, 0.05) is 12.0 Å². The van der Waals surface area contributed by atoms with Crippen molar-refractivity contribution >= 4 is 5.97 Å². The molecule has 0 radical (unpaired) electrons. The largest absolute Gasteiger partial charge is 0.465 e. The lowest BCUT2D eigenvalue weighted by Crippen LogP contribution is -2.27. The van der Waals surface area contributed by atoms with Crippen molar-refractivity contribution in [3.05, 3.63) is 106 Å². The maximum Gasteiger partial charge on any atom is 0.346 e. The van der Waals surface area contributed by atoms with Gasteiger partial charge >= 0.3 is 11.7 Å². The lowest BCUT2D eigenvalue weighted by Gasteiger charge is -2.09. The highest BCUT2D eigenvalue weighted by molar-refractivity contribution is 5.91. The number of tetrazole rings is 1. The van der Waals surface area contributed by atoms with E-state index in [-0.39, 0.29) is 12.2 Å². The molecule has 5 aromatic rings. The fraction of sp³-hybridized carbons (Fsp3) is 0.241. The fourth-order valence-corrected chi connectivity index (χ4v) is 4.58. The molecule has 198 valence electrons. The number of rotatable bonds is 10. The summed E-state index contributed by atoms with van der Waals surface area (Å²) >= 11 is 0. The number of methoxy groups -OCH3 is 1. The first-order chi connectivity index (χ1) is 19.1. The smallest absolute Gasteiger partial charge is 0.346 e. The molecule has 10 heteroatoms. The molecule has 0 bridgehead atoms. The molecular formula is C29H29N7O3. The van der Waals surface area contributed by atoms with Crippen LogP contribution in [0.2, 0.25) is 0 Å². The van der Waals surface area contributed by atoms with Crippen LogP contribution in [0.1, 0.15) is 47.1 Å². The maximum atomic E-state index is 13.5. The van der Waals surface area contributed by atoms with Gasteiger partial charge in [0.1, 0.15) is 5.82 Å². The zero-order chi connectivity index (χ0) is 27.2. The third-order valence-corrected chi connectivity index (χ3v) is 6.63. The highest BCUT2D eigenvalue weighted by atomic mass is 16.5. The molecule has 0 amide bonds. The number of ether oxygens (including phenoxy) is 1. The summed E-state index contributed by atoms with van der Waals surface area (Å²) in [6.45, 7) is 2.68. The van der Waals surface area contributed by atoms with Gasteiger partial charge in [0.05, 0.1) is 25.8 Å². The molecule has 2 heterocycles. The van der Waals surface area contributed by atoms with Gasteiger partial charge in [-0.15, -0.1) is 5.10 Å². The van der Waals surface area contributed by atoms with Crippen LogP contribution in [-0.2, 0) is 24.2 Å². The van der Waals surface area contributed by atoms with Gasteiger partial charge < -0.3 is 4.74 Å². The Morgan fingerprint density at radius 3 is 2.41 bits per heavy atom. The maximum absolute atomic E-state index is 13.5. The third-order valence-electron chi connectivity index (χ3n) is 6.63.